The maximum atomic E-state index is 13.5. The molecule has 1 fully saturated rings. The molecule has 0 aliphatic carbocycles. The first kappa shape index (κ1) is 18.6. The molecule has 27 heavy (non-hydrogen) atoms. The number of morpholine rings is 1. The minimum Gasteiger partial charge on any atom is -0.481 e. The van der Waals surface area contributed by atoms with Crippen LogP contribution in [0.25, 0.3) is 0 Å². The number of hydrogen-bond acceptors (Lipinski definition) is 6. The molecule has 1 heterocycles. The molecule has 8 nitrogen and oxygen atoms in total. The van der Waals surface area contributed by atoms with Gasteiger partial charge in [0, 0.05) is 24.8 Å². The standard InChI is InChI=1S/C18H18FN3O5/c19-14-3-1-2-4-17(14)27-12-18(23)20-13-5-6-15(16(11-13)22(24)25)21-7-9-26-10-8-21/h1-6,11H,7-10,12H2,(H,20,23). The predicted octanol–water partition coefficient (Wildman–Crippen LogP) is 2.59. The number of nitrogens with one attached hydrogen (secondary N) is 1. The maximum absolute atomic E-state index is 13.5. The molecule has 1 amide bonds. The zero-order chi connectivity index (χ0) is 19.2. The smallest absolute Gasteiger partial charge is 0.294 e. The molecule has 1 aliphatic rings. The molecule has 2 aromatic rings. The number of benzene rings is 2. The fourth-order valence-corrected chi connectivity index (χ4v) is 2.72. The monoisotopic (exact) mass is 375 g/mol. The molecule has 0 saturated carbocycles. The van der Waals surface area contributed by atoms with Gasteiger partial charge >= 0.3 is 0 Å². The second-order valence-electron chi connectivity index (χ2n) is 5.83. The van der Waals surface area contributed by atoms with Gasteiger partial charge in [0.1, 0.15) is 5.69 Å². The number of carbonyl (C=O) groups excluding carboxylic acids is 1. The van der Waals surface area contributed by atoms with E-state index >= 15 is 0 Å². The van der Waals surface area contributed by atoms with Crippen LogP contribution < -0.4 is 15.0 Å². The van der Waals surface area contributed by atoms with E-state index in [1.165, 1.54) is 24.3 Å². The number of nitrogens with zero attached hydrogens (tertiary/aromatic N) is 2. The molecule has 0 atom stereocenters. The normalized spacial score (nSPS) is 13.9. The van der Waals surface area contributed by atoms with Gasteiger partial charge in [-0.05, 0) is 24.3 Å². The predicted molar refractivity (Wildman–Crippen MR) is 96.7 cm³/mol. The van der Waals surface area contributed by atoms with Crippen LogP contribution in [0.5, 0.6) is 5.75 Å². The maximum Gasteiger partial charge on any atom is 0.294 e. The Morgan fingerprint density at radius 3 is 2.70 bits per heavy atom. The van der Waals surface area contributed by atoms with Gasteiger partial charge in [-0.3, -0.25) is 14.9 Å². The van der Waals surface area contributed by atoms with Crippen molar-refractivity contribution in [3.63, 3.8) is 0 Å². The van der Waals surface area contributed by atoms with E-state index in [0.717, 1.165) is 0 Å². The Labute approximate surface area is 154 Å². The molecule has 142 valence electrons. The zero-order valence-electron chi connectivity index (χ0n) is 14.4. The lowest BCUT2D eigenvalue weighted by Gasteiger charge is -2.28. The fourth-order valence-electron chi connectivity index (χ4n) is 2.72. The third-order valence-electron chi connectivity index (χ3n) is 4.00. The highest BCUT2D eigenvalue weighted by molar-refractivity contribution is 5.92. The zero-order valence-corrected chi connectivity index (χ0v) is 14.4. The Bertz CT molecular complexity index is 839. The Hall–Kier alpha value is -3.20. The van der Waals surface area contributed by atoms with E-state index in [2.05, 4.69) is 5.32 Å². The quantitative estimate of drug-likeness (QED) is 0.616. The highest BCUT2D eigenvalue weighted by atomic mass is 19.1. The second-order valence-corrected chi connectivity index (χ2v) is 5.83. The number of halogens is 1. The van der Waals surface area contributed by atoms with Gasteiger partial charge in [-0.15, -0.1) is 0 Å². The minimum absolute atomic E-state index is 0.0405. The van der Waals surface area contributed by atoms with Crippen LogP contribution in [0.15, 0.2) is 42.5 Å². The minimum atomic E-state index is -0.573. The average molecular weight is 375 g/mol. The summed E-state index contributed by atoms with van der Waals surface area (Å²) in [4.78, 5) is 24.8. The number of nitro groups is 1. The Morgan fingerprint density at radius 1 is 1.26 bits per heavy atom. The molecule has 0 radical (unpaired) electrons. The summed E-state index contributed by atoms with van der Waals surface area (Å²) in [6, 6.07) is 10.2. The Kier molecular flexibility index (Phi) is 5.82. The van der Waals surface area contributed by atoms with Crippen LogP contribution in [0.3, 0.4) is 0 Å². The highest BCUT2D eigenvalue weighted by Gasteiger charge is 2.22. The summed E-state index contributed by atoms with van der Waals surface area (Å²) in [5.74, 6) is -1.16. The van der Waals surface area contributed by atoms with Gasteiger partial charge in [0.05, 0.1) is 18.1 Å². The molecule has 1 saturated heterocycles. The van der Waals surface area contributed by atoms with Gasteiger partial charge in [0.2, 0.25) is 0 Å². The van der Waals surface area contributed by atoms with Gasteiger partial charge in [0.25, 0.3) is 11.6 Å². The lowest BCUT2D eigenvalue weighted by atomic mass is 10.2. The average Bonchev–Trinajstić information content (AvgIpc) is 2.68. The van der Waals surface area contributed by atoms with Crippen molar-refractivity contribution in [2.75, 3.05) is 43.1 Å². The Balaban J connectivity index is 1.67. The summed E-state index contributed by atoms with van der Waals surface area (Å²) in [7, 11) is 0. The van der Waals surface area contributed by atoms with E-state index in [1.54, 1.807) is 18.2 Å². The number of carbonyl (C=O) groups is 1. The third-order valence-corrected chi connectivity index (χ3v) is 4.00. The number of nitro benzene ring substituents is 1. The number of anilines is 2. The van der Waals surface area contributed by atoms with Crippen LogP contribution in [0.2, 0.25) is 0 Å². The molecule has 0 unspecified atom stereocenters. The van der Waals surface area contributed by atoms with Gasteiger partial charge in [-0.2, -0.15) is 0 Å². The highest BCUT2D eigenvalue weighted by Crippen LogP contribution is 2.31. The molecule has 0 bridgehead atoms. The summed E-state index contributed by atoms with van der Waals surface area (Å²) in [6.45, 7) is 1.71. The molecular formula is C18H18FN3O5. The molecule has 1 aliphatic heterocycles. The number of hydrogen-bond donors (Lipinski definition) is 1. The molecule has 2 aromatic carbocycles. The molecule has 0 spiro atoms. The summed E-state index contributed by atoms with van der Waals surface area (Å²) >= 11 is 0. The van der Waals surface area contributed by atoms with Gasteiger partial charge in [-0.25, -0.2) is 4.39 Å². The summed E-state index contributed by atoms with van der Waals surface area (Å²) in [5, 5.41) is 13.9. The molecule has 9 heteroatoms. The van der Waals surface area contributed by atoms with Crippen LogP contribution >= 0.6 is 0 Å². The molecule has 1 N–H and O–H groups in total. The lowest BCUT2D eigenvalue weighted by Crippen LogP contribution is -2.36. The van der Waals surface area contributed by atoms with Crippen LogP contribution in [-0.4, -0.2) is 43.7 Å². The van der Waals surface area contributed by atoms with Crippen molar-refractivity contribution >= 4 is 23.0 Å². The van der Waals surface area contributed by atoms with E-state index in [9.17, 15) is 19.3 Å². The lowest BCUT2D eigenvalue weighted by molar-refractivity contribution is -0.384. The van der Waals surface area contributed by atoms with E-state index < -0.39 is 23.3 Å². The summed E-state index contributed by atoms with van der Waals surface area (Å²) in [6.07, 6.45) is 0. The van der Waals surface area contributed by atoms with Gasteiger partial charge in [0.15, 0.2) is 18.2 Å². The van der Waals surface area contributed by atoms with E-state index in [0.29, 0.717) is 32.0 Å². The first-order valence-corrected chi connectivity index (χ1v) is 8.33. The van der Waals surface area contributed by atoms with Crippen molar-refractivity contribution in [2.24, 2.45) is 0 Å². The van der Waals surface area contributed by atoms with E-state index in [1.807, 2.05) is 4.90 Å². The van der Waals surface area contributed by atoms with Crippen LogP contribution in [-0.2, 0) is 9.53 Å². The summed E-state index contributed by atoms with van der Waals surface area (Å²) < 4.78 is 23.9. The van der Waals surface area contributed by atoms with E-state index in [-0.39, 0.29) is 17.1 Å². The van der Waals surface area contributed by atoms with Crippen molar-refractivity contribution in [3.8, 4) is 5.75 Å². The van der Waals surface area contributed by atoms with Crippen LogP contribution in [0.4, 0.5) is 21.5 Å². The van der Waals surface area contributed by atoms with Crippen molar-refractivity contribution in [1.82, 2.24) is 0 Å². The first-order chi connectivity index (χ1) is 13.0. The fraction of sp³-hybridized carbons (Fsp3) is 0.278. The van der Waals surface area contributed by atoms with Gasteiger partial charge in [-0.1, -0.05) is 12.1 Å². The number of ether oxygens (including phenoxy) is 2. The van der Waals surface area contributed by atoms with Crippen LogP contribution in [0, 0.1) is 15.9 Å². The first-order valence-electron chi connectivity index (χ1n) is 8.33. The van der Waals surface area contributed by atoms with Crippen molar-refractivity contribution in [3.05, 3.63) is 58.4 Å². The SMILES string of the molecule is O=C(COc1ccccc1F)Nc1ccc(N2CCOCC2)c([N+](=O)[O-])c1. The van der Waals surface area contributed by atoms with Crippen molar-refractivity contribution < 1.29 is 23.6 Å². The molecule has 3 rings (SSSR count). The van der Waals surface area contributed by atoms with Crippen molar-refractivity contribution in [2.45, 2.75) is 0 Å². The van der Waals surface area contributed by atoms with Gasteiger partial charge < -0.3 is 19.7 Å². The van der Waals surface area contributed by atoms with E-state index in [4.69, 9.17) is 9.47 Å². The number of para-hydroxylation sites is 1. The molecule has 0 aromatic heterocycles. The number of rotatable bonds is 6. The second kappa shape index (κ2) is 8.45. The summed E-state index contributed by atoms with van der Waals surface area (Å²) in [5.41, 5.74) is 0.634. The molecular weight excluding hydrogens is 357 g/mol. The van der Waals surface area contributed by atoms with Crippen molar-refractivity contribution in [1.29, 1.82) is 0 Å². The number of amides is 1. The van der Waals surface area contributed by atoms with Crippen LogP contribution in [0.1, 0.15) is 0 Å². The third kappa shape index (κ3) is 4.70. The largest absolute Gasteiger partial charge is 0.481 e. The topological polar surface area (TPSA) is 93.9 Å². The Morgan fingerprint density at radius 2 is 2.00 bits per heavy atom.